The number of aromatic hydroxyl groups is 2. The molecular weight excluding hydrogens is 238 g/mol. The predicted molar refractivity (Wildman–Crippen MR) is 78.1 cm³/mol. The van der Waals surface area contributed by atoms with Crippen LogP contribution in [-0.2, 0) is 6.42 Å². The Morgan fingerprint density at radius 1 is 0.895 bits per heavy atom. The van der Waals surface area contributed by atoms with E-state index in [0.29, 0.717) is 6.42 Å². The van der Waals surface area contributed by atoms with E-state index in [1.807, 2.05) is 50.2 Å². The summed E-state index contributed by atoms with van der Waals surface area (Å²) in [5, 5.41) is 19.9. The summed E-state index contributed by atoms with van der Waals surface area (Å²) in [6.07, 6.45) is 0.519. The fourth-order valence-electron chi connectivity index (χ4n) is 2.01. The van der Waals surface area contributed by atoms with Gasteiger partial charge in [0.05, 0.1) is 0 Å². The van der Waals surface area contributed by atoms with Crippen molar-refractivity contribution < 1.29 is 10.2 Å². The highest BCUT2D eigenvalue weighted by Crippen LogP contribution is 2.28. The Morgan fingerprint density at radius 2 is 1.47 bits per heavy atom. The van der Waals surface area contributed by atoms with E-state index in [4.69, 9.17) is 0 Å². The number of anilines is 1. The molecule has 0 aliphatic heterocycles. The topological polar surface area (TPSA) is 43.7 Å². The van der Waals surface area contributed by atoms with Gasteiger partial charge >= 0.3 is 0 Å². The first kappa shape index (κ1) is 13.3. The highest BCUT2D eigenvalue weighted by Gasteiger charge is 2.08. The summed E-state index contributed by atoms with van der Waals surface area (Å²) in [5.41, 5.74) is 3.60. The number of phenolic OH excluding ortho intramolecular Hbond substituents is 2. The molecule has 3 heteroatoms. The van der Waals surface area contributed by atoms with E-state index < -0.39 is 0 Å². The van der Waals surface area contributed by atoms with E-state index in [0.717, 1.165) is 22.4 Å². The lowest BCUT2D eigenvalue weighted by Gasteiger charge is -2.14. The first-order valence-corrected chi connectivity index (χ1v) is 6.25. The molecule has 0 aliphatic rings. The highest BCUT2D eigenvalue weighted by molar-refractivity contribution is 5.54. The van der Waals surface area contributed by atoms with Gasteiger partial charge in [-0.3, -0.25) is 0 Å². The van der Waals surface area contributed by atoms with Gasteiger partial charge in [0, 0.05) is 32.3 Å². The van der Waals surface area contributed by atoms with E-state index in [-0.39, 0.29) is 11.5 Å². The fraction of sp³-hybridized carbons (Fsp3) is 0.250. The highest BCUT2D eigenvalue weighted by atomic mass is 16.3. The molecule has 0 spiro atoms. The van der Waals surface area contributed by atoms with Crippen LogP contribution in [0, 0.1) is 6.92 Å². The molecule has 0 radical (unpaired) electrons. The maximum absolute atomic E-state index is 10.0. The molecule has 2 aromatic rings. The lowest BCUT2D eigenvalue weighted by molar-refractivity contribution is 0.463. The average Bonchev–Trinajstić information content (AvgIpc) is 2.34. The number of aryl methyl sites for hydroxylation is 1. The smallest absolute Gasteiger partial charge is 0.121 e. The van der Waals surface area contributed by atoms with Gasteiger partial charge in [0.2, 0.25) is 0 Å². The second-order valence-corrected chi connectivity index (χ2v) is 5.02. The SMILES string of the molecule is Cc1ccc(Cc2ccc(N(C)C)cc2O)c(O)c1. The number of hydrogen-bond donors (Lipinski definition) is 2. The minimum absolute atomic E-state index is 0.256. The van der Waals surface area contributed by atoms with Crippen LogP contribution in [0.15, 0.2) is 36.4 Å². The lowest BCUT2D eigenvalue weighted by Crippen LogP contribution is -2.08. The van der Waals surface area contributed by atoms with Crippen molar-refractivity contribution in [3.63, 3.8) is 0 Å². The van der Waals surface area contributed by atoms with Crippen LogP contribution in [0.5, 0.6) is 11.5 Å². The molecule has 19 heavy (non-hydrogen) atoms. The molecule has 0 heterocycles. The predicted octanol–water partition coefficient (Wildman–Crippen LogP) is 3.06. The summed E-state index contributed by atoms with van der Waals surface area (Å²) in [5.74, 6) is 0.530. The molecular formula is C16H19NO2. The maximum Gasteiger partial charge on any atom is 0.121 e. The average molecular weight is 257 g/mol. The van der Waals surface area contributed by atoms with E-state index in [9.17, 15) is 10.2 Å². The van der Waals surface area contributed by atoms with Gasteiger partial charge < -0.3 is 15.1 Å². The molecule has 0 aliphatic carbocycles. The molecule has 2 rings (SSSR count). The van der Waals surface area contributed by atoms with Crippen molar-refractivity contribution in [3.05, 3.63) is 53.1 Å². The van der Waals surface area contributed by atoms with Crippen molar-refractivity contribution in [2.45, 2.75) is 13.3 Å². The van der Waals surface area contributed by atoms with Crippen molar-refractivity contribution in [1.82, 2.24) is 0 Å². The third-order valence-electron chi connectivity index (χ3n) is 3.21. The van der Waals surface area contributed by atoms with Crippen molar-refractivity contribution >= 4 is 5.69 Å². The molecule has 0 unspecified atom stereocenters. The second-order valence-electron chi connectivity index (χ2n) is 5.02. The van der Waals surface area contributed by atoms with Gasteiger partial charge in [0.25, 0.3) is 0 Å². The molecule has 0 fully saturated rings. The van der Waals surface area contributed by atoms with Crippen molar-refractivity contribution in [2.75, 3.05) is 19.0 Å². The van der Waals surface area contributed by atoms with Crippen LogP contribution < -0.4 is 4.90 Å². The Hall–Kier alpha value is -2.16. The van der Waals surface area contributed by atoms with Crippen LogP contribution in [-0.4, -0.2) is 24.3 Å². The zero-order chi connectivity index (χ0) is 14.0. The van der Waals surface area contributed by atoms with Crippen molar-refractivity contribution in [3.8, 4) is 11.5 Å². The molecule has 2 N–H and O–H groups in total. The fourth-order valence-corrected chi connectivity index (χ4v) is 2.01. The van der Waals surface area contributed by atoms with Gasteiger partial charge in [-0.05, 0) is 35.7 Å². The Bertz CT molecular complexity index is 591. The second kappa shape index (κ2) is 5.22. The van der Waals surface area contributed by atoms with E-state index >= 15 is 0 Å². The summed E-state index contributed by atoms with van der Waals surface area (Å²) in [6, 6.07) is 11.2. The van der Waals surface area contributed by atoms with Crippen LogP contribution >= 0.6 is 0 Å². The first-order chi connectivity index (χ1) is 8.97. The monoisotopic (exact) mass is 257 g/mol. The van der Waals surface area contributed by atoms with Gasteiger partial charge in [0.15, 0.2) is 0 Å². The summed E-state index contributed by atoms with van der Waals surface area (Å²) in [7, 11) is 3.86. The molecule has 0 bridgehead atoms. The van der Waals surface area contributed by atoms with Crippen LogP contribution in [0.3, 0.4) is 0 Å². The Kier molecular flexibility index (Phi) is 3.65. The molecule has 0 saturated heterocycles. The number of benzene rings is 2. The Morgan fingerprint density at radius 3 is 2.00 bits per heavy atom. The number of hydrogen-bond acceptors (Lipinski definition) is 3. The molecule has 2 aromatic carbocycles. The summed E-state index contributed by atoms with van der Waals surface area (Å²) < 4.78 is 0. The Balaban J connectivity index is 2.28. The quantitative estimate of drug-likeness (QED) is 0.888. The van der Waals surface area contributed by atoms with Crippen LogP contribution in [0.2, 0.25) is 0 Å². The zero-order valence-corrected chi connectivity index (χ0v) is 11.5. The molecule has 3 nitrogen and oxygen atoms in total. The molecule has 0 amide bonds. The number of rotatable bonds is 3. The van der Waals surface area contributed by atoms with Crippen molar-refractivity contribution in [1.29, 1.82) is 0 Å². The van der Waals surface area contributed by atoms with Crippen LogP contribution in [0.25, 0.3) is 0 Å². The summed E-state index contributed by atoms with van der Waals surface area (Å²) in [6.45, 7) is 1.94. The summed E-state index contributed by atoms with van der Waals surface area (Å²) in [4.78, 5) is 1.94. The number of phenols is 2. The van der Waals surface area contributed by atoms with E-state index in [1.165, 1.54) is 0 Å². The zero-order valence-electron chi connectivity index (χ0n) is 11.5. The van der Waals surface area contributed by atoms with Crippen LogP contribution in [0.1, 0.15) is 16.7 Å². The molecule has 0 saturated carbocycles. The summed E-state index contributed by atoms with van der Waals surface area (Å²) >= 11 is 0. The number of nitrogens with zero attached hydrogens (tertiary/aromatic N) is 1. The third kappa shape index (κ3) is 2.99. The maximum atomic E-state index is 10.0. The van der Waals surface area contributed by atoms with Gasteiger partial charge in [-0.15, -0.1) is 0 Å². The first-order valence-electron chi connectivity index (χ1n) is 6.25. The minimum Gasteiger partial charge on any atom is -0.508 e. The largest absolute Gasteiger partial charge is 0.508 e. The molecule has 0 aromatic heterocycles. The van der Waals surface area contributed by atoms with Crippen LogP contribution in [0.4, 0.5) is 5.69 Å². The van der Waals surface area contributed by atoms with Gasteiger partial charge in [-0.1, -0.05) is 18.2 Å². The Labute approximate surface area is 113 Å². The van der Waals surface area contributed by atoms with Gasteiger partial charge in [0.1, 0.15) is 11.5 Å². The van der Waals surface area contributed by atoms with Gasteiger partial charge in [-0.2, -0.15) is 0 Å². The molecule has 100 valence electrons. The van der Waals surface area contributed by atoms with Gasteiger partial charge in [-0.25, -0.2) is 0 Å². The van der Waals surface area contributed by atoms with E-state index in [2.05, 4.69) is 0 Å². The third-order valence-corrected chi connectivity index (χ3v) is 3.21. The standard InChI is InChI=1S/C16H19NO2/c1-11-4-5-12(15(18)8-11)9-13-6-7-14(17(2)3)10-16(13)19/h4-8,10,18-19H,9H2,1-3H3. The normalized spacial score (nSPS) is 10.5. The lowest BCUT2D eigenvalue weighted by atomic mass is 10.0. The van der Waals surface area contributed by atoms with Crippen molar-refractivity contribution in [2.24, 2.45) is 0 Å². The minimum atomic E-state index is 0.256. The molecule has 0 atom stereocenters. The van der Waals surface area contributed by atoms with E-state index in [1.54, 1.807) is 12.1 Å².